The number of carbonyl (C=O) groups is 3. The number of phenols is 3. The molecule has 0 radical (unpaired) electrons. The quantitative estimate of drug-likeness (QED) is 0.159. The molecule has 4 N–H and O–H groups in total. The number of fused-ring (bicyclic) bond motifs is 3. The molecule has 1 aromatic heterocycles. The van der Waals surface area contributed by atoms with Crippen LogP contribution in [0.1, 0.15) is 62.1 Å². The number of nitrogens with one attached hydrogen (secondary N) is 1. The van der Waals surface area contributed by atoms with E-state index in [-0.39, 0.29) is 56.9 Å². The van der Waals surface area contributed by atoms with E-state index in [4.69, 9.17) is 4.74 Å². The number of hydrogen-bond donors (Lipinski definition) is 4. The minimum absolute atomic E-state index is 0.00449. The first kappa shape index (κ1) is 26.6. The molecular weight excluding hydrogens is 518 g/mol. The third kappa shape index (κ3) is 3.74. The first-order valence-electron chi connectivity index (χ1n) is 12.5. The van der Waals surface area contributed by atoms with Gasteiger partial charge in [-0.05, 0) is 65.0 Å². The van der Waals surface area contributed by atoms with Gasteiger partial charge in [0.05, 0.1) is 22.9 Å². The van der Waals surface area contributed by atoms with Crippen LogP contribution in [0.25, 0.3) is 11.4 Å². The van der Waals surface area contributed by atoms with E-state index in [0.717, 1.165) is 6.08 Å². The summed E-state index contributed by atoms with van der Waals surface area (Å²) in [4.78, 5) is 41.0. The monoisotopic (exact) mass is 545 g/mol. The Hall–Kier alpha value is -5.00. The fourth-order valence-corrected chi connectivity index (χ4v) is 4.96. The number of rotatable bonds is 5. The summed E-state index contributed by atoms with van der Waals surface area (Å²) in [6, 6.07) is 4.59. The lowest BCUT2D eigenvalue weighted by Crippen LogP contribution is -2.40. The van der Waals surface area contributed by atoms with Gasteiger partial charge in [-0.2, -0.15) is 4.80 Å². The molecule has 0 amide bonds. The molecule has 0 unspecified atom stereocenters. The summed E-state index contributed by atoms with van der Waals surface area (Å²) in [5.41, 5.74) is -1.22. The molecule has 2 aliphatic rings. The zero-order chi connectivity index (χ0) is 29.3. The van der Waals surface area contributed by atoms with E-state index < -0.39 is 34.3 Å². The number of tetrazole rings is 1. The zero-order valence-corrected chi connectivity index (χ0v) is 22.7. The average molecular weight is 546 g/mol. The standard InChI is InChI=1S/C28H27N5O7/c1-11(2)33-31-27(30-32-33)15-7-8-17(35)16(9-15)29-13(4)20-18(36)10-19-28(6,26(20)39)22-24(38)12(3)23(37)21(14(5)34)25(22)40-19/h7-11,29,35,37-38H,1-6H3/b20-13+/t28-/m0/s1. The Labute approximate surface area is 228 Å². The first-order chi connectivity index (χ1) is 18.8. The third-order valence-electron chi connectivity index (χ3n) is 7.23. The minimum atomic E-state index is -1.66. The molecule has 0 spiro atoms. The summed E-state index contributed by atoms with van der Waals surface area (Å²) < 4.78 is 5.79. The van der Waals surface area contributed by atoms with Gasteiger partial charge in [-0.15, -0.1) is 10.2 Å². The summed E-state index contributed by atoms with van der Waals surface area (Å²) >= 11 is 0. The molecule has 12 heteroatoms. The lowest BCUT2D eigenvalue weighted by atomic mass is 9.70. The van der Waals surface area contributed by atoms with Gasteiger partial charge in [0.2, 0.25) is 5.82 Å². The van der Waals surface area contributed by atoms with Crippen molar-refractivity contribution in [2.45, 2.75) is 53.0 Å². The van der Waals surface area contributed by atoms with Crippen LogP contribution < -0.4 is 10.1 Å². The van der Waals surface area contributed by atoms with E-state index in [1.807, 2.05) is 13.8 Å². The number of carbonyl (C=O) groups excluding carboxylic acids is 3. The second kappa shape index (κ2) is 9.04. The molecule has 5 rings (SSSR count). The number of benzene rings is 2. The van der Waals surface area contributed by atoms with Crippen molar-refractivity contribution >= 4 is 23.0 Å². The van der Waals surface area contributed by atoms with Gasteiger partial charge in [0, 0.05) is 22.9 Å². The van der Waals surface area contributed by atoms with E-state index in [2.05, 4.69) is 20.7 Å². The van der Waals surface area contributed by atoms with E-state index in [9.17, 15) is 29.7 Å². The van der Waals surface area contributed by atoms with Crippen LogP contribution in [-0.2, 0) is 15.0 Å². The van der Waals surface area contributed by atoms with Crippen LogP contribution in [0.5, 0.6) is 23.0 Å². The number of ether oxygens (including phenoxy) is 1. The van der Waals surface area contributed by atoms with Crippen molar-refractivity contribution in [3.8, 4) is 34.4 Å². The van der Waals surface area contributed by atoms with Crippen LogP contribution in [0, 0.1) is 6.92 Å². The highest BCUT2D eigenvalue weighted by Crippen LogP contribution is 2.57. The van der Waals surface area contributed by atoms with Crippen molar-refractivity contribution in [1.29, 1.82) is 0 Å². The summed E-state index contributed by atoms with van der Waals surface area (Å²) in [7, 11) is 0. The Balaban J connectivity index is 1.59. The Morgan fingerprint density at radius 2 is 1.82 bits per heavy atom. The smallest absolute Gasteiger partial charge is 0.205 e. The number of nitrogens with zero attached hydrogens (tertiary/aromatic N) is 4. The van der Waals surface area contributed by atoms with Crippen LogP contribution in [-0.4, -0.2) is 52.9 Å². The van der Waals surface area contributed by atoms with Crippen LogP contribution in [0.2, 0.25) is 0 Å². The Morgan fingerprint density at radius 1 is 1.12 bits per heavy atom. The number of ketones is 3. The average Bonchev–Trinajstić information content (AvgIpc) is 3.48. The highest BCUT2D eigenvalue weighted by molar-refractivity contribution is 6.31. The fourth-order valence-electron chi connectivity index (χ4n) is 4.96. The number of aromatic hydroxyl groups is 3. The highest BCUT2D eigenvalue weighted by Gasteiger charge is 2.56. The number of aromatic nitrogens is 4. The van der Waals surface area contributed by atoms with Crippen molar-refractivity contribution in [3.05, 3.63) is 58.0 Å². The summed E-state index contributed by atoms with van der Waals surface area (Å²) in [6.45, 7) is 9.43. The van der Waals surface area contributed by atoms with Gasteiger partial charge in [0.1, 0.15) is 39.7 Å². The summed E-state index contributed by atoms with van der Waals surface area (Å²) in [5.74, 6) is -2.83. The van der Waals surface area contributed by atoms with Crippen molar-refractivity contribution in [1.82, 2.24) is 20.2 Å². The molecule has 1 aliphatic heterocycles. The van der Waals surface area contributed by atoms with Crippen molar-refractivity contribution in [2.75, 3.05) is 5.32 Å². The first-order valence-corrected chi connectivity index (χ1v) is 12.5. The van der Waals surface area contributed by atoms with Gasteiger partial charge in [-0.1, -0.05) is 0 Å². The molecule has 12 nitrogen and oxygen atoms in total. The molecule has 2 heterocycles. The number of Topliss-reactive ketones (excluding diaryl/α,β-unsaturated/α-hetero) is 2. The van der Waals surface area contributed by atoms with Crippen LogP contribution >= 0.6 is 0 Å². The third-order valence-corrected chi connectivity index (χ3v) is 7.23. The maximum atomic E-state index is 14.0. The largest absolute Gasteiger partial charge is 0.507 e. The normalized spacial score (nSPS) is 19.2. The minimum Gasteiger partial charge on any atom is -0.507 e. The topological polar surface area (TPSA) is 177 Å². The molecule has 0 saturated carbocycles. The van der Waals surface area contributed by atoms with E-state index in [0.29, 0.717) is 11.4 Å². The summed E-state index contributed by atoms with van der Waals surface area (Å²) in [6.07, 6.45) is 1.13. The molecule has 1 aliphatic carbocycles. The molecule has 206 valence electrons. The molecule has 2 aromatic carbocycles. The molecule has 0 bridgehead atoms. The predicted molar refractivity (Wildman–Crippen MR) is 142 cm³/mol. The van der Waals surface area contributed by atoms with Gasteiger partial charge in [0.15, 0.2) is 17.3 Å². The molecular formula is C28H27N5O7. The molecule has 40 heavy (non-hydrogen) atoms. The SMILES string of the molecule is CC(=O)c1c(O)c(C)c(O)c2c1OC1=CC(=O)/C(=C(/C)Nc3cc(-c4nnn(C(C)C)n4)ccc3O)C(=O)[C@@]12C. The zero-order valence-electron chi connectivity index (χ0n) is 22.7. The van der Waals surface area contributed by atoms with Crippen LogP contribution in [0.3, 0.4) is 0 Å². The predicted octanol–water partition coefficient (Wildman–Crippen LogP) is 3.62. The van der Waals surface area contributed by atoms with Gasteiger partial charge in [0.25, 0.3) is 0 Å². The van der Waals surface area contributed by atoms with E-state index >= 15 is 0 Å². The van der Waals surface area contributed by atoms with Gasteiger partial charge < -0.3 is 25.4 Å². The molecule has 0 fully saturated rings. The fraction of sp³-hybridized carbons (Fsp3) is 0.286. The Kier molecular flexibility index (Phi) is 6.01. The van der Waals surface area contributed by atoms with E-state index in [1.54, 1.807) is 12.1 Å². The molecule has 1 atom stereocenters. The van der Waals surface area contributed by atoms with Crippen molar-refractivity contribution in [2.24, 2.45) is 0 Å². The summed E-state index contributed by atoms with van der Waals surface area (Å²) in [5, 5.41) is 47.3. The van der Waals surface area contributed by atoms with Gasteiger partial charge in [-0.3, -0.25) is 14.4 Å². The lowest BCUT2D eigenvalue weighted by Gasteiger charge is -2.29. The number of hydrogen-bond acceptors (Lipinski definition) is 11. The maximum absolute atomic E-state index is 14.0. The van der Waals surface area contributed by atoms with Crippen LogP contribution in [0.4, 0.5) is 5.69 Å². The Morgan fingerprint density at radius 3 is 2.45 bits per heavy atom. The Bertz CT molecular complexity index is 1720. The van der Waals surface area contributed by atoms with Gasteiger partial charge in [-0.25, -0.2) is 0 Å². The second-order valence-corrected chi connectivity index (χ2v) is 10.3. The lowest BCUT2D eigenvalue weighted by molar-refractivity contribution is -0.123. The highest BCUT2D eigenvalue weighted by atomic mass is 16.5. The second-order valence-electron chi connectivity index (χ2n) is 10.3. The van der Waals surface area contributed by atoms with Gasteiger partial charge >= 0.3 is 0 Å². The number of anilines is 1. The van der Waals surface area contributed by atoms with E-state index in [1.165, 1.54) is 38.6 Å². The number of phenolic OH excluding ortho intramolecular Hbond substituents is 3. The molecule has 3 aromatic rings. The van der Waals surface area contributed by atoms with Crippen molar-refractivity contribution < 1.29 is 34.4 Å². The maximum Gasteiger partial charge on any atom is 0.205 e. The van der Waals surface area contributed by atoms with Crippen molar-refractivity contribution in [3.63, 3.8) is 0 Å². The molecule has 0 saturated heterocycles. The van der Waals surface area contributed by atoms with Crippen LogP contribution in [0.15, 0.2) is 41.3 Å². The number of allylic oxidation sites excluding steroid dienone is 4.